The van der Waals surface area contributed by atoms with Gasteiger partial charge in [0.15, 0.2) is 0 Å². The number of halogens is 1. The molecule has 7 heteroatoms. The van der Waals surface area contributed by atoms with Gasteiger partial charge >= 0.3 is 6.03 Å². The van der Waals surface area contributed by atoms with E-state index in [0.717, 1.165) is 29.5 Å². The van der Waals surface area contributed by atoms with Crippen molar-refractivity contribution in [2.45, 2.75) is 32.7 Å². The summed E-state index contributed by atoms with van der Waals surface area (Å²) in [6.45, 7) is 4.58. The normalized spacial score (nSPS) is 16.4. The number of nitrogens with one attached hydrogen (secondary N) is 1. The van der Waals surface area contributed by atoms with Crippen LogP contribution in [0.3, 0.4) is 0 Å². The number of anilines is 1. The molecule has 1 atom stereocenters. The third kappa shape index (κ3) is 3.73. The molecule has 0 aliphatic carbocycles. The van der Waals surface area contributed by atoms with Gasteiger partial charge in [0.05, 0.1) is 0 Å². The van der Waals surface area contributed by atoms with Crippen molar-refractivity contribution >= 4 is 23.3 Å². The second kappa shape index (κ2) is 7.64. The average Bonchev–Trinajstić information content (AvgIpc) is 3.33. The van der Waals surface area contributed by atoms with Crippen molar-refractivity contribution < 1.29 is 9.32 Å². The molecular formula is C21H21ClN4O2. The van der Waals surface area contributed by atoms with Crippen LogP contribution in [0.25, 0.3) is 11.4 Å². The van der Waals surface area contributed by atoms with Gasteiger partial charge < -0.3 is 14.7 Å². The Kier molecular flexibility index (Phi) is 5.05. The van der Waals surface area contributed by atoms with Crippen LogP contribution in [0.4, 0.5) is 10.5 Å². The summed E-state index contributed by atoms with van der Waals surface area (Å²) >= 11 is 6.16. The summed E-state index contributed by atoms with van der Waals surface area (Å²) in [5.74, 6) is 1.00. The Bertz CT molecular complexity index is 1020. The molecule has 2 aromatic carbocycles. The lowest BCUT2D eigenvalue weighted by atomic mass is 10.1. The molecule has 1 N–H and O–H groups in total. The van der Waals surface area contributed by atoms with Gasteiger partial charge in [-0.15, -0.1) is 0 Å². The summed E-state index contributed by atoms with van der Waals surface area (Å²) in [5, 5.41) is 7.64. The van der Waals surface area contributed by atoms with E-state index in [1.54, 1.807) is 11.0 Å². The number of hydrogen-bond donors (Lipinski definition) is 1. The minimum Gasteiger partial charge on any atom is -0.337 e. The van der Waals surface area contributed by atoms with E-state index in [1.807, 2.05) is 50.2 Å². The van der Waals surface area contributed by atoms with Crippen molar-refractivity contribution in [1.29, 1.82) is 0 Å². The number of hydrogen-bond acceptors (Lipinski definition) is 4. The lowest BCUT2D eigenvalue weighted by Gasteiger charge is -2.22. The van der Waals surface area contributed by atoms with Gasteiger partial charge in [-0.05, 0) is 50.5 Å². The Morgan fingerprint density at radius 1 is 1.25 bits per heavy atom. The Morgan fingerprint density at radius 2 is 2.11 bits per heavy atom. The first-order valence-corrected chi connectivity index (χ1v) is 9.63. The fourth-order valence-electron chi connectivity index (χ4n) is 3.40. The van der Waals surface area contributed by atoms with Crippen LogP contribution in [-0.4, -0.2) is 27.6 Å². The number of carbonyl (C=O) groups excluding carboxylic acids is 1. The maximum Gasteiger partial charge on any atom is 0.322 e. The number of aryl methyl sites for hydroxylation is 2. The summed E-state index contributed by atoms with van der Waals surface area (Å²) in [7, 11) is 0. The fourth-order valence-corrected chi connectivity index (χ4v) is 3.58. The van der Waals surface area contributed by atoms with Crippen molar-refractivity contribution in [3.63, 3.8) is 0 Å². The van der Waals surface area contributed by atoms with E-state index in [4.69, 9.17) is 16.1 Å². The Balaban J connectivity index is 1.52. The average molecular weight is 397 g/mol. The van der Waals surface area contributed by atoms with Gasteiger partial charge in [0, 0.05) is 22.8 Å². The zero-order valence-corrected chi connectivity index (χ0v) is 16.5. The molecule has 3 aromatic rings. The summed E-state index contributed by atoms with van der Waals surface area (Å²) in [6.07, 6.45) is 1.67. The highest BCUT2D eigenvalue weighted by Gasteiger charge is 2.34. The molecule has 4 rings (SSSR count). The number of amides is 2. The van der Waals surface area contributed by atoms with Gasteiger partial charge in [-0.3, -0.25) is 0 Å². The summed E-state index contributed by atoms with van der Waals surface area (Å²) in [5.41, 5.74) is 3.66. The van der Waals surface area contributed by atoms with Gasteiger partial charge in [-0.1, -0.05) is 46.6 Å². The minimum absolute atomic E-state index is 0.197. The second-order valence-electron chi connectivity index (χ2n) is 7.07. The van der Waals surface area contributed by atoms with Crippen LogP contribution < -0.4 is 5.32 Å². The maximum absolute atomic E-state index is 12.8. The third-order valence-corrected chi connectivity index (χ3v) is 5.35. The standard InChI is InChI=1S/C21H21ClN4O2/c1-13-5-3-6-15(11-13)19-24-20(28-25-19)18-7-4-10-26(18)21(27)23-16-9-8-14(2)17(22)12-16/h3,5-6,8-9,11-12,18H,4,7,10H2,1-2H3,(H,23,27). The van der Waals surface area contributed by atoms with Gasteiger partial charge in [0.25, 0.3) is 0 Å². The predicted octanol–water partition coefficient (Wildman–Crippen LogP) is 5.38. The molecule has 2 heterocycles. The molecular weight excluding hydrogens is 376 g/mol. The van der Waals surface area contributed by atoms with Gasteiger partial charge in [-0.2, -0.15) is 4.98 Å². The van der Waals surface area contributed by atoms with E-state index < -0.39 is 0 Å². The topological polar surface area (TPSA) is 71.3 Å². The first-order chi connectivity index (χ1) is 13.5. The highest BCUT2D eigenvalue weighted by Crippen LogP contribution is 2.33. The number of likely N-dealkylation sites (tertiary alicyclic amines) is 1. The molecule has 0 spiro atoms. The highest BCUT2D eigenvalue weighted by molar-refractivity contribution is 6.31. The number of nitrogens with zero attached hydrogens (tertiary/aromatic N) is 3. The number of rotatable bonds is 3. The molecule has 1 unspecified atom stereocenters. The Labute approximate surface area is 168 Å². The molecule has 6 nitrogen and oxygen atoms in total. The number of aromatic nitrogens is 2. The number of carbonyl (C=O) groups is 1. The van der Waals surface area contributed by atoms with Crippen LogP contribution in [0.1, 0.15) is 35.9 Å². The van der Waals surface area contributed by atoms with E-state index in [-0.39, 0.29) is 12.1 Å². The molecule has 1 aliphatic rings. The molecule has 1 fully saturated rings. The van der Waals surface area contributed by atoms with Crippen LogP contribution >= 0.6 is 11.6 Å². The third-order valence-electron chi connectivity index (χ3n) is 4.94. The number of benzene rings is 2. The molecule has 1 aliphatic heterocycles. The van der Waals surface area contributed by atoms with Crippen molar-refractivity contribution in [3.05, 3.63) is 64.5 Å². The van der Waals surface area contributed by atoms with E-state index in [0.29, 0.717) is 29.0 Å². The smallest absolute Gasteiger partial charge is 0.322 e. The van der Waals surface area contributed by atoms with Gasteiger partial charge in [0.1, 0.15) is 6.04 Å². The molecule has 0 saturated carbocycles. The first kappa shape index (κ1) is 18.5. The molecule has 28 heavy (non-hydrogen) atoms. The lowest BCUT2D eigenvalue weighted by Crippen LogP contribution is -2.34. The Morgan fingerprint density at radius 3 is 2.89 bits per heavy atom. The zero-order valence-electron chi connectivity index (χ0n) is 15.8. The monoisotopic (exact) mass is 396 g/mol. The quantitative estimate of drug-likeness (QED) is 0.645. The van der Waals surface area contributed by atoms with Crippen molar-refractivity contribution in [2.75, 3.05) is 11.9 Å². The van der Waals surface area contributed by atoms with Crippen molar-refractivity contribution in [1.82, 2.24) is 15.0 Å². The van der Waals surface area contributed by atoms with Gasteiger partial charge in [0.2, 0.25) is 11.7 Å². The fraction of sp³-hybridized carbons (Fsp3) is 0.286. The largest absolute Gasteiger partial charge is 0.337 e. The van der Waals surface area contributed by atoms with Crippen LogP contribution in [0.15, 0.2) is 47.0 Å². The van der Waals surface area contributed by atoms with Crippen LogP contribution in [0.2, 0.25) is 5.02 Å². The maximum atomic E-state index is 12.8. The van der Waals surface area contributed by atoms with E-state index in [2.05, 4.69) is 15.5 Å². The first-order valence-electron chi connectivity index (χ1n) is 9.25. The van der Waals surface area contributed by atoms with Crippen LogP contribution in [-0.2, 0) is 0 Å². The second-order valence-corrected chi connectivity index (χ2v) is 7.48. The lowest BCUT2D eigenvalue weighted by molar-refractivity contribution is 0.193. The molecule has 0 bridgehead atoms. The molecule has 1 aromatic heterocycles. The van der Waals surface area contributed by atoms with Crippen molar-refractivity contribution in [3.8, 4) is 11.4 Å². The highest BCUT2D eigenvalue weighted by atomic mass is 35.5. The molecule has 144 valence electrons. The van der Waals surface area contributed by atoms with Crippen LogP contribution in [0.5, 0.6) is 0 Å². The summed E-state index contributed by atoms with van der Waals surface area (Å²) < 4.78 is 5.50. The van der Waals surface area contributed by atoms with E-state index >= 15 is 0 Å². The van der Waals surface area contributed by atoms with Gasteiger partial charge in [-0.25, -0.2) is 4.79 Å². The van der Waals surface area contributed by atoms with E-state index in [9.17, 15) is 4.79 Å². The van der Waals surface area contributed by atoms with Crippen molar-refractivity contribution in [2.24, 2.45) is 0 Å². The molecule has 2 amide bonds. The molecule has 0 radical (unpaired) electrons. The van der Waals surface area contributed by atoms with E-state index in [1.165, 1.54) is 0 Å². The zero-order chi connectivity index (χ0) is 19.7. The molecule has 1 saturated heterocycles. The SMILES string of the molecule is Cc1cccc(-c2noc(C3CCCN3C(=O)Nc3ccc(C)c(Cl)c3)n2)c1. The minimum atomic E-state index is -0.230. The number of urea groups is 1. The summed E-state index contributed by atoms with van der Waals surface area (Å²) in [6, 6.07) is 13.0. The summed E-state index contributed by atoms with van der Waals surface area (Å²) in [4.78, 5) is 19.1. The Hall–Kier alpha value is -2.86. The van der Waals surface area contributed by atoms with Crippen LogP contribution in [0, 0.1) is 13.8 Å². The predicted molar refractivity (Wildman–Crippen MR) is 108 cm³/mol.